The van der Waals surface area contributed by atoms with Gasteiger partial charge in [-0.2, -0.15) is 13.2 Å². The Hall–Kier alpha value is -3.70. The number of nitrogens with two attached hydrogens (primary N) is 1. The van der Waals surface area contributed by atoms with Crippen molar-refractivity contribution in [3.63, 3.8) is 0 Å². The lowest BCUT2D eigenvalue weighted by Gasteiger charge is -2.38. The summed E-state index contributed by atoms with van der Waals surface area (Å²) in [6.07, 6.45) is -0.0664. The molecule has 1 aliphatic heterocycles. The van der Waals surface area contributed by atoms with Crippen LogP contribution in [-0.2, 0) is 15.8 Å². The first kappa shape index (κ1) is 24.0. The molecule has 2 aromatic rings. The van der Waals surface area contributed by atoms with Crippen LogP contribution < -0.4 is 15.8 Å². The number of anilines is 1. The van der Waals surface area contributed by atoms with Gasteiger partial charge in [-0.1, -0.05) is 6.92 Å². The molecule has 0 bridgehead atoms. The Labute approximate surface area is 187 Å². The van der Waals surface area contributed by atoms with E-state index >= 15 is 0 Å². The highest BCUT2D eigenvalue weighted by Gasteiger charge is 2.39. The van der Waals surface area contributed by atoms with Crippen molar-refractivity contribution in [3.8, 4) is 5.75 Å². The molecule has 1 saturated heterocycles. The third-order valence-electron chi connectivity index (χ3n) is 5.30. The monoisotopic (exact) mass is 465 g/mol. The van der Waals surface area contributed by atoms with E-state index in [0.29, 0.717) is 18.4 Å². The van der Waals surface area contributed by atoms with Crippen LogP contribution in [0.3, 0.4) is 0 Å². The minimum atomic E-state index is -4.70. The predicted molar refractivity (Wildman–Crippen MR) is 110 cm³/mol. The van der Waals surface area contributed by atoms with Crippen molar-refractivity contribution in [1.82, 2.24) is 14.9 Å². The summed E-state index contributed by atoms with van der Waals surface area (Å²) in [5.74, 6) is -3.01. The number of carbonyl (C=O) groups is 3. The fourth-order valence-corrected chi connectivity index (χ4v) is 3.69. The first-order valence-corrected chi connectivity index (χ1v) is 9.99. The van der Waals surface area contributed by atoms with Gasteiger partial charge in [0.15, 0.2) is 5.69 Å². The van der Waals surface area contributed by atoms with Gasteiger partial charge in [0.05, 0.1) is 30.6 Å². The highest BCUT2D eigenvalue weighted by Crippen LogP contribution is 2.39. The number of alkyl halides is 3. The van der Waals surface area contributed by atoms with Gasteiger partial charge in [-0.05, 0) is 36.5 Å². The largest absolute Gasteiger partial charge is 0.494 e. The summed E-state index contributed by atoms with van der Waals surface area (Å²) in [5.41, 5.74) is 4.50. The van der Waals surface area contributed by atoms with Crippen molar-refractivity contribution in [2.24, 2.45) is 11.7 Å². The second kappa shape index (κ2) is 9.43. The average Bonchev–Trinajstić information content (AvgIpc) is 2.77. The molecule has 3 rings (SSSR count). The molecule has 0 spiro atoms. The summed E-state index contributed by atoms with van der Waals surface area (Å²) in [4.78, 5) is 45.6. The summed E-state index contributed by atoms with van der Waals surface area (Å²) in [7, 11) is 1.10. The molecular formula is C21H22F3N5O4. The molecule has 2 atom stereocenters. The maximum atomic E-state index is 13.2. The SMILES string of the molecule is COc1cc([C@H]2CC[C@H](C)CN2C(=O)C(=O)Nc2cncc(C(N)=O)c2)cnc1C(F)(F)F. The van der Waals surface area contributed by atoms with Crippen LogP contribution in [0, 0.1) is 5.92 Å². The molecular weight excluding hydrogens is 443 g/mol. The van der Waals surface area contributed by atoms with Gasteiger partial charge in [0.1, 0.15) is 5.75 Å². The molecule has 1 fully saturated rings. The van der Waals surface area contributed by atoms with E-state index in [-0.39, 0.29) is 23.7 Å². The van der Waals surface area contributed by atoms with Crippen LogP contribution in [0.15, 0.2) is 30.7 Å². The van der Waals surface area contributed by atoms with Gasteiger partial charge in [-0.15, -0.1) is 0 Å². The molecule has 176 valence electrons. The molecule has 12 heteroatoms. The van der Waals surface area contributed by atoms with Crippen molar-refractivity contribution in [1.29, 1.82) is 0 Å². The minimum Gasteiger partial charge on any atom is -0.494 e. The number of primary amides is 1. The number of halogens is 3. The van der Waals surface area contributed by atoms with E-state index in [9.17, 15) is 27.6 Å². The Morgan fingerprint density at radius 3 is 2.55 bits per heavy atom. The lowest BCUT2D eigenvalue weighted by molar-refractivity contribution is -0.146. The fourth-order valence-electron chi connectivity index (χ4n) is 3.69. The zero-order valence-electron chi connectivity index (χ0n) is 17.8. The molecule has 0 saturated carbocycles. The quantitative estimate of drug-likeness (QED) is 0.668. The Morgan fingerprint density at radius 2 is 1.91 bits per heavy atom. The molecule has 3 amide bonds. The predicted octanol–water partition coefficient (Wildman–Crippen LogP) is 2.54. The number of hydrogen-bond acceptors (Lipinski definition) is 6. The van der Waals surface area contributed by atoms with E-state index in [4.69, 9.17) is 10.5 Å². The number of hydrogen-bond donors (Lipinski definition) is 2. The van der Waals surface area contributed by atoms with Crippen LogP contribution in [0.1, 0.15) is 47.4 Å². The summed E-state index contributed by atoms with van der Waals surface area (Å²) in [5, 5.41) is 2.38. The van der Waals surface area contributed by atoms with Crippen molar-refractivity contribution in [2.75, 3.05) is 19.0 Å². The summed E-state index contributed by atoms with van der Waals surface area (Å²) in [6.45, 7) is 2.13. The molecule has 1 aliphatic rings. The summed E-state index contributed by atoms with van der Waals surface area (Å²) in [6, 6.07) is 1.80. The Morgan fingerprint density at radius 1 is 1.18 bits per heavy atom. The second-order valence-corrected chi connectivity index (χ2v) is 7.75. The number of amides is 3. The van der Waals surface area contributed by atoms with Gasteiger partial charge in [-0.3, -0.25) is 19.4 Å². The minimum absolute atomic E-state index is 0.0487. The summed E-state index contributed by atoms with van der Waals surface area (Å²) >= 11 is 0. The number of piperidine rings is 1. The number of pyridine rings is 2. The van der Waals surface area contributed by atoms with Crippen molar-refractivity contribution in [2.45, 2.75) is 32.0 Å². The number of ether oxygens (including phenoxy) is 1. The third kappa shape index (κ3) is 5.38. The highest BCUT2D eigenvalue weighted by molar-refractivity contribution is 6.39. The lowest BCUT2D eigenvalue weighted by Crippen LogP contribution is -2.46. The molecule has 2 aromatic heterocycles. The average molecular weight is 465 g/mol. The molecule has 0 unspecified atom stereocenters. The molecule has 33 heavy (non-hydrogen) atoms. The van der Waals surface area contributed by atoms with Crippen LogP contribution in [-0.4, -0.2) is 46.2 Å². The normalized spacial score (nSPS) is 18.5. The van der Waals surface area contributed by atoms with Crippen molar-refractivity contribution < 1.29 is 32.3 Å². The van der Waals surface area contributed by atoms with E-state index < -0.39 is 41.4 Å². The standard InChI is InChI=1S/C21H22F3N5O4/c1-11-3-4-15(12-6-16(33-2)17(27-8-12)21(22,23)24)29(10-11)20(32)19(31)28-14-5-13(18(25)30)7-26-9-14/h5-9,11,15H,3-4,10H2,1-2H3,(H2,25,30)(H,28,31)/t11-,15+/m0/s1. The number of nitrogens with zero attached hydrogens (tertiary/aromatic N) is 3. The molecule has 3 heterocycles. The van der Waals surface area contributed by atoms with Crippen LogP contribution in [0.5, 0.6) is 5.75 Å². The number of aromatic nitrogens is 2. The zero-order chi connectivity index (χ0) is 24.3. The van der Waals surface area contributed by atoms with Crippen molar-refractivity contribution in [3.05, 3.63) is 47.5 Å². The fraction of sp³-hybridized carbons (Fsp3) is 0.381. The van der Waals surface area contributed by atoms with Gasteiger partial charge in [0, 0.05) is 18.9 Å². The Balaban J connectivity index is 1.86. The van der Waals surface area contributed by atoms with Crippen LogP contribution in [0.25, 0.3) is 0 Å². The molecule has 0 radical (unpaired) electrons. The highest BCUT2D eigenvalue weighted by atomic mass is 19.4. The van der Waals surface area contributed by atoms with E-state index in [1.165, 1.54) is 29.4 Å². The van der Waals surface area contributed by atoms with E-state index in [2.05, 4.69) is 15.3 Å². The Kier molecular flexibility index (Phi) is 6.84. The van der Waals surface area contributed by atoms with Gasteiger partial charge in [-0.25, -0.2) is 4.98 Å². The number of likely N-dealkylation sites (tertiary alicyclic amines) is 1. The van der Waals surface area contributed by atoms with Gasteiger partial charge in [0.25, 0.3) is 0 Å². The van der Waals surface area contributed by atoms with Crippen LogP contribution >= 0.6 is 0 Å². The smallest absolute Gasteiger partial charge is 0.437 e. The molecule has 0 aliphatic carbocycles. The third-order valence-corrected chi connectivity index (χ3v) is 5.30. The van der Waals surface area contributed by atoms with Gasteiger partial charge in [0.2, 0.25) is 5.91 Å². The van der Waals surface area contributed by atoms with Crippen LogP contribution in [0.2, 0.25) is 0 Å². The van der Waals surface area contributed by atoms with Crippen LogP contribution in [0.4, 0.5) is 18.9 Å². The molecule has 0 aromatic carbocycles. The zero-order valence-corrected chi connectivity index (χ0v) is 17.8. The first-order chi connectivity index (χ1) is 15.5. The number of nitrogens with one attached hydrogen (secondary N) is 1. The number of carbonyl (C=O) groups excluding carboxylic acids is 3. The maximum Gasteiger partial charge on any atom is 0.437 e. The Bertz CT molecular complexity index is 1080. The second-order valence-electron chi connectivity index (χ2n) is 7.75. The number of methoxy groups -OCH3 is 1. The van der Waals surface area contributed by atoms with Gasteiger partial charge >= 0.3 is 18.0 Å². The topological polar surface area (TPSA) is 128 Å². The number of rotatable bonds is 4. The van der Waals surface area contributed by atoms with Crippen molar-refractivity contribution >= 4 is 23.4 Å². The van der Waals surface area contributed by atoms with Gasteiger partial charge < -0.3 is 20.7 Å². The van der Waals surface area contributed by atoms with E-state index in [1.54, 1.807) is 0 Å². The molecule has 9 nitrogen and oxygen atoms in total. The van der Waals surface area contributed by atoms with E-state index in [0.717, 1.165) is 13.3 Å². The summed E-state index contributed by atoms with van der Waals surface area (Å²) < 4.78 is 44.4. The van der Waals surface area contributed by atoms with E-state index in [1.807, 2.05) is 6.92 Å². The molecule has 3 N–H and O–H groups in total. The first-order valence-electron chi connectivity index (χ1n) is 9.99. The maximum absolute atomic E-state index is 13.2. The lowest BCUT2D eigenvalue weighted by atomic mass is 9.90.